The average molecular weight is 802 g/mol. The van der Waals surface area contributed by atoms with Crippen LogP contribution in [0.15, 0.2) is 0 Å². The molecule has 0 fully saturated rings. The molecule has 0 bridgehead atoms. The second-order valence-electron chi connectivity index (χ2n) is 1.52. The molecular formula is CaI6. The van der Waals surface area contributed by atoms with Crippen LogP contribution in [0.25, 0.3) is 0 Å². The maximum absolute atomic E-state index is 2.59. The van der Waals surface area contributed by atoms with Gasteiger partial charge in [0.15, 0.2) is 0 Å². The van der Waals surface area contributed by atoms with Crippen molar-refractivity contribution in [2.75, 3.05) is 0 Å². The van der Waals surface area contributed by atoms with Gasteiger partial charge in [-0.05, 0) is 0 Å². The molecule has 0 aliphatic rings. The van der Waals surface area contributed by atoms with Crippen molar-refractivity contribution in [3.8, 4) is 0 Å². The molecule has 0 radical (unpaired) electrons. The second-order valence-corrected chi connectivity index (χ2v) is 281. The summed E-state index contributed by atoms with van der Waals surface area (Å²) >= 11 is 15.5. The number of hydrogen-bond donors (Lipinski definition) is 0. The summed E-state index contributed by atoms with van der Waals surface area (Å²) in [7, 11) is 0. The van der Waals surface area contributed by atoms with E-state index in [4.69, 9.17) is 0 Å². The van der Waals surface area contributed by atoms with E-state index in [-0.39, 0.29) is 0 Å². The normalized spacial score (nSPS) is 18.0. The van der Waals surface area contributed by atoms with Crippen molar-refractivity contribution in [3.63, 3.8) is 0 Å². The fraction of sp³-hybridized carbons (Fsp3) is 0. The van der Waals surface area contributed by atoms with Crippen LogP contribution in [0.2, 0.25) is 0 Å². The third-order valence-corrected chi connectivity index (χ3v) is 0. The summed E-state index contributed by atoms with van der Waals surface area (Å²) in [5.74, 6) is 0. The van der Waals surface area contributed by atoms with Crippen molar-refractivity contribution in [2.45, 2.75) is 0 Å². The quantitative estimate of drug-likeness (QED) is 0.241. The van der Waals surface area contributed by atoms with E-state index in [1.807, 2.05) is 0 Å². The molecule has 0 amide bonds. The van der Waals surface area contributed by atoms with E-state index in [1.165, 1.54) is 0 Å². The number of halogens is 6. The molecule has 0 atom stereocenters. The molecule has 44 valence electrons. The molecule has 0 aromatic rings. The Morgan fingerprint density at radius 2 is 0.571 bits per heavy atom. The van der Waals surface area contributed by atoms with Gasteiger partial charge in [0.25, 0.3) is 0 Å². The summed E-state index contributed by atoms with van der Waals surface area (Å²) in [4.78, 5) is 0. The van der Waals surface area contributed by atoms with E-state index in [2.05, 4.69) is 90.0 Å². The predicted octanol–water partition coefficient (Wildman–Crippen LogP) is 4.93. The van der Waals surface area contributed by atoms with E-state index in [1.54, 1.807) is 0 Å². The molecule has 7 heteroatoms. The Morgan fingerprint density at radius 1 is 0.571 bits per heavy atom. The molecule has 7 heavy (non-hydrogen) atoms. The van der Waals surface area contributed by atoms with Crippen LogP contribution in [0, 0.1) is 0 Å². The van der Waals surface area contributed by atoms with Gasteiger partial charge in [-0.25, -0.2) is 0 Å². The van der Waals surface area contributed by atoms with E-state index in [9.17, 15) is 0 Å². The molecule has 0 aromatic heterocycles. The monoisotopic (exact) mass is 801 g/mol. The SMILES string of the molecule is [I][Ca]([I])([I])([I])([I])[I]. The second kappa shape index (κ2) is 3.09. The van der Waals surface area contributed by atoms with Gasteiger partial charge in [-0.1, -0.05) is 0 Å². The van der Waals surface area contributed by atoms with Crippen LogP contribution >= 0.6 is 90.0 Å². The predicted molar refractivity (Wildman–Crippen MR) is 89.9 cm³/mol. The Hall–Kier alpha value is 5.64. The Labute approximate surface area is 79.6 Å². The van der Waals surface area contributed by atoms with Gasteiger partial charge in [0.05, 0.1) is 0 Å². The summed E-state index contributed by atoms with van der Waals surface area (Å²) in [5, 5.41) is 0. The summed E-state index contributed by atoms with van der Waals surface area (Å²) in [6.45, 7) is 0. The first-order valence-corrected chi connectivity index (χ1v) is 44.4. The molecule has 0 saturated heterocycles. The number of hydrogen-bond acceptors (Lipinski definition) is 0. The molecule has 0 nitrogen and oxygen atoms in total. The first-order valence-electron chi connectivity index (χ1n) is 1.60. The van der Waals surface area contributed by atoms with E-state index in [0.29, 0.717) is 0 Å². The molecule has 0 aliphatic heterocycles. The van der Waals surface area contributed by atoms with Gasteiger partial charge in [-0.15, -0.1) is 0 Å². The minimum atomic E-state index is -2.56. The summed E-state index contributed by atoms with van der Waals surface area (Å²) < 4.78 is -2.56. The molecule has 0 rings (SSSR count). The van der Waals surface area contributed by atoms with Crippen molar-refractivity contribution in [2.24, 2.45) is 0 Å². The van der Waals surface area contributed by atoms with Gasteiger partial charge in [-0.2, -0.15) is 0 Å². The van der Waals surface area contributed by atoms with Crippen LogP contribution < -0.4 is 0 Å². The maximum atomic E-state index is 2.59. The third kappa shape index (κ3) is 34.0. The average Bonchev–Trinajstić information content (AvgIpc) is 0.592. The molecule has 0 aliphatic carbocycles. The number of rotatable bonds is 0. The van der Waals surface area contributed by atoms with Crippen molar-refractivity contribution < 1.29 is 0 Å². The van der Waals surface area contributed by atoms with Gasteiger partial charge in [0, 0.05) is 0 Å². The molecule has 0 spiro atoms. The molecule has 0 unspecified atom stereocenters. The zero-order valence-electron chi connectivity index (χ0n) is 2.97. The molecular weight excluding hydrogens is 802 g/mol. The van der Waals surface area contributed by atoms with Crippen LogP contribution in [0.3, 0.4) is 0 Å². The Morgan fingerprint density at radius 3 is 0.571 bits per heavy atom. The van der Waals surface area contributed by atoms with Gasteiger partial charge < -0.3 is 0 Å². The fourth-order valence-electron chi connectivity index (χ4n) is 0. The van der Waals surface area contributed by atoms with E-state index in [0.717, 1.165) is 0 Å². The molecule has 0 saturated carbocycles. The molecule has 0 aromatic carbocycles. The zero-order valence-corrected chi connectivity index (χ0v) is 18.1. The fourth-order valence-corrected chi connectivity index (χ4v) is 0. The Balaban J connectivity index is 4.43. The zero-order chi connectivity index (χ0) is 6.41. The van der Waals surface area contributed by atoms with Gasteiger partial charge in [-0.3, -0.25) is 0 Å². The van der Waals surface area contributed by atoms with Gasteiger partial charge in [0.1, 0.15) is 0 Å². The topological polar surface area (TPSA) is 0 Å². The van der Waals surface area contributed by atoms with Crippen LogP contribution in [0.4, 0.5) is 0 Å². The van der Waals surface area contributed by atoms with Gasteiger partial charge in [0.2, 0.25) is 0 Å². The van der Waals surface area contributed by atoms with Crippen LogP contribution in [0.5, 0.6) is 0 Å². The molecule has 0 heterocycles. The third-order valence-electron chi connectivity index (χ3n) is 0. The van der Waals surface area contributed by atoms with E-state index >= 15 is 0 Å². The molecule has 0 N–H and O–H groups in total. The van der Waals surface area contributed by atoms with Crippen molar-refractivity contribution >= 4 is 84.8 Å². The first-order chi connectivity index (χ1) is 2.45. The first kappa shape index (κ1) is 12.6. The van der Waals surface area contributed by atoms with Gasteiger partial charge >= 0.3 is 84.8 Å². The minimum absolute atomic E-state index is 2.56. The van der Waals surface area contributed by atoms with Crippen LogP contribution in [0.1, 0.15) is 0 Å². The Bertz CT molecular complexity index is 62.7. The summed E-state index contributed by atoms with van der Waals surface area (Å²) in [6, 6.07) is 0. The van der Waals surface area contributed by atoms with Crippen molar-refractivity contribution in [1.29, 1.82) is 0 Å². The standard InChI is InChI=1S/Ca.6HI/h;6*1H/q+6;;;;;;/p-6. The van der Waals surface area contributed by atoms with Crippen molar-refractivity contribution in [1.82, 2.24) is 0 Å². The summed E-state index contributed by atoms with van der Waals surface area (Å²) in [6.07, 6.45) is 0. The Kier molecular flexibility index (Phi) is 5.59. The summed E-state index contributed by atoms with van der Waals surface area (Å²) in [5.41, 5.74) is 0. The van der Waals surface area contributed by atoms with E-state index < -0.39 is -5.18 Å². The van der Waals surface area contributed by atoms with Crippen molar-refractivity contribution in [3.05, 3.63) is 0 Å². The van der Waals surface area contributed by atoms with Crippen LogP contribution in [-0.2, 0) is 0 Å². The van der Waals surface area contributed by atoms with Crippen LogP contribution in [-0.4, -0.2) is -5.18 Å².